The van der Waals surface area contributed by atoms with Gasteiger partial charge >= 0.3 is 0 Å². The molecule has 0 bridgehead atoms. The van der Waals surface area contributed by atoms with Crippen LogP contribution < -0.4 is 0 Å². The van der Waals surface area contributed by atoms with Crippen molar-refractivity contribution in [3.63, 3.8) is 0 Å². The molecule has 0 saturated carbocycles. The van der Waals surface area contributed by atoms with Gasteiger partial charge in [0.1, 0.15) is 0 Å². The smallest absolute Gasteiger partial charge is 0.0631 e. The van der Waals surface area contributed by atoms with Crippen molar-refractivity contribution in [2.24, 2.45) is 5.41 Å². The highest BCUT2D eigenvalue weighted by Gasteiger charge is 2.34. The van der Waals surface area contributed by atoms with Crippen LogP contribution in [0.1, 0.15) is 32.0 Å². The highest BCUT2D eigenvalue weighted by molar-refractivity contribution is 6.18. The molecule has 0 aliphatic carbocycles. The molecule has 2 heterocycles. The van der Waals surface area contributed by atoms with E-state index in [-0.39, 0.29) is 5.41 Å². The van der Waals surface area contributed by atoms with Crippen LogP contribution in [0.5, 0.6) is 0 Å². The largest absolute Gasteiger partial charge is 0.381 e. The Hall–Kier alpha value is -0.540. The minimum absolute atomic E-state index is 0.109. The zero-order chi connectivity index (χ0) is 11.6. The number of hydrogen-bond donors (Lipinski definition) is 0. The molecule has 0 aromatic carbocycles. The van der Waals surface area contributed by atoms with Crippen molar-refractivity contribution in [1.29, 1.82) is 0 Å². The second-order valence-electron chi connectivity index (χ2n) is 4.99. The lowest BCUT2D eigenvalue weighted by Crippen LogP contribution is -2.26. The van der Waals surface area contributed by atoms with Crippen molar-refractivity contribution in [3.8, 4) is 0 Å². The average Bonchev–Trinajstić information content (AvgIpc) is 2.88. The summed E-state index contributed by atoms with van der Waals surface area (Å²) in [6.45, 7) is 5.86. The number of halogens is 1. The Kier molecular flexibility index (Phi) is 3.55. The van der Waals surface area contributed by atoms with E-state index in [2.05, 4.69) is 25.0 Å². The lowest BCUT2D eigenvalue weighted by atomic mass is 9.85. The Morgan fingerprint density at radius 3 is 2.94 bits per heavy atom. The molecule has 1 aliphatic rings. The third kappa shape index (κ3) is 2.41. The molecule has 1 atom stereocenters. The second-order valence-corrected chi connectivity index (χ2v) is 5.26. The highest BCUT2D eigenvalue weighted by Crippen LogP contribution is 2.33. The average molecular weight is 243 g/mol. The van der Waals surface area contributed by atoms with Gasteiger partial charge in [-0.3, -0.25) is 4.68 Å². The molecule has 1 aliphatic heterocycles. The van der Waals surface area contributed by atoms with E-state index in [4.69, 9.17) is 16.3 Å². The summed E-state index contributed by atoms with van der Waals surface area (Å²) in [5.41, 5.74) is 1.23. The molecule has 1 unspecified atom stereocenters. The van der Waals surface area contributed by atoms with Crippen molar-refractivity contribution >= 4 is 11.6 Å². The van der Waals surface area contributed by atoms with Gasteiger partial charge < -0.3 is 4.74 Å². The number of nitrogens with zero attached hydrogens (tertiary/aromatic N) is 2. The number of ether oxygens (including phenoxy) is 1. The Balaban J connectivity index is 2.07. The van der Waals surface area contributed by atoms with Crippen LogP contribution in [0.3, 0.4) is 0 Å². The first-order chi connectivity index (χ1) is 7.65. The Bertz CT molecular complexity index is 343. The van der Waals surface area contributed by atoms with Crippen molar-refractivity contribution < 1.29 is 4.74 Å². The van der Waals surface area contributed by atoms with Crippen LogP contribution in [0.4, 0.5) is 0 Å². The second kappa shape index (κ2) is 4.76. The molecular formula is C12H19ClN2O. The maximum atomic E-state index is 6.07. The normalized spacial score (nSPS) is 25.5. The molecule has 0 radical (unpaired) electrons. The van der Waals surface area contributed by atoms with Gasteiger partial charge in [0.2, 0.25) is 0 Å². The first-order valence-corrected chi connectivity index (χ1v) is 6.36. The summed E-state index contributed by atoms with van der Waals surface area (Å²) in [6, 6.07) is 2.51. The van der Waals surface area contributed by atoms with Crippen molar-refractivity contribution in [3.05, 3.63) is 18.0 Å². The molecule has 1 aromatic rings. The van der Waals surface area contributed by atoms with Gasteiger partial charge in [-0.2, -0.15) is 5.10 Å². The zero-order valence-corrected chi connectivity index (χ0v) is 10.7. The topological polar surface area (TPSA) is 27.1 Å². The van der Waals surface area contributed by atoms with Crippen LogP contribution in [0.25, 0.3) is 0 Å². The summed E-state index contributed by atoms with van der Waals surface area (Å²) in [5.74, 6) is 0.654. The van der Waals surface area contributed by atoms with Crippen LogP contribution >= 0.6 is 11.6 Å². The van der Waals surface area contributed by atoms with Crippen molar-refractivity contribution in [1.82, 2.24) is 9.78 Å². The van der Waals surface area contributed by atoms with Gasteiger partial charge in [0.05, 0.1) is 12.3 Å². The Morgan fingerprint density at radius 2 is 2.44 bits per heavy atom. The van der Waals surface area contributed by atoms with Gasteiger partial charge in [-0.1, -0.05) is 0 Å². The quantitative estimate of drug-likeness (QED) is 0.759. The summed E-state index contributed by atoms with van der Waals surface area (Å²) in [6.07, 6.45) is 4.01. The van der Waals surface area contributed by atoms with E-state index in [9.17, 15) is 0 Å². The fourth-order valence-electron chi connectivity index (χ4n) is 2.09. The third-order valence-electron chi connectivity index (χ3n) is 3.22. The predicted octanol–water partition coefficient (Wildman–Crippen LogP) is 2.65. The van der Waals surface area contributed by atoms with E-state index in [0.717, 1.165) is 31.7 Å². The molecule has 16 heavy (non-hydrogen) atoms. The van der Waals surface area contributed by atoms with E-state index in [1.807, 2.05) is 10.9 Å². The first-order valence-electron chi connectivity index (χ1n) is 5.83. The standard InChI is InChI=1S/C12H19ClN2O/c1-10(2)15-5-3-11(14-15)7-12(8-13)4-6-16-9-12/h3,5,10H,4,6-9H2,1-2H3. The van der Waals surface area contributed by atoms with Gasteiger partial charge in [0.15, 0.2) is 0 Å². The molecule has 90 valence electrons. The fourth-order valence-corrected chi connectivity index (χ4v) is 2.39. The summed E-state index contributed by atoms with van der Waals surface area (Å²) in [4.78, 5) is 0. The molecule has 2 rings (SSSR count). The predicted molar refractivity (Wildman–Crippen MR) is 64.9 cm³/mol. The van der Waals surface area contributed by atoms with E-state index in [1.165, 1.54) is 0 Å². The lowest BCUT2D eigenvalue weighted by Gasteiger charge is -2.23. The molecule has 1 saturated heterocycles. The number of aromatic nitrogens is 2. The molecule has 1 aromatic heterocycles. The molecule has 0 spiro atoms. The zero-order valence-electron chi connectivity index (χ0n) is 9.95. The highest BCUT2D eigenvalue weighted by atomic mass is 35.5. The molecule has 1 fully saturated rings. The van der Waals surface area contributed by atoms with Crippen LogP contribution in [-0.4, -0.2) is 28.9 Å². The molecule has 3 nitrogen and oxygen atoms in total. The van der Waals surface area contributed by atoms with Gasteiger partial charge in [-0.25, -0.2) is 0 Å². The monoisotopic (exact) mass is 242 g/mol. The van der Waals surface area contributed by atoms with E-state index in [1.54, 1.807) is 0 Å². The summed E-state index contributed by atoms with van der Waals surface area (Å²) in [7, 11) is 0. The summed E-state index contributed by atoms with van der Waals surface area (Å²) >= 11 is 6.07. The van der Waals surface area contributed by atoms with E-state index < -0.39 is 0 Å². The van der Waals surface area contributed by atoms with Crippen LogP contribution in [0.15, 0.2) is 12.3 Å². The van der Waals surface area contributed by atoms with Gasteiger partial charge in [-0.05, 0) is 26.3 Å². The van der Waals surface area contributed by atoms with Crippen LogP contribution in [-0.2, 0) is 11.2 Å². The van der Waals surface area contributed by atoms with E-state index >= 15 is 0 Å². The minimum Gasteiger partial charge on any atom is -0.381 e. The van der Waals surface area contributed by atoms with E-state index in [0.29, 0.717) is 11.9 Å². The Labute approximate surface area is 102 Å². The van der Waals surface area contributed by atoms with Gasteiger partial charge in [-0.15, -0.1) is 11.6 Å². The number of hydrogen-bond acceptors (Lipinski definition) is 2. The summed E-state index contributed by atoms with van der Waals surface area (Å²) in [5, 5.41) is 4.57. The molecule has 4 heteroatoms. The number of rotatable bonds is 4. The SMILES string of the molecule is CC(C)n1ccc(CC2(CCl)CCOC2)n1. The molecule has 0 N–H and O–H groups in total. The minimum atomic E-state index is 0.109. The lowest BCUT2D eigenvalue weighted by molar-refractivity contribution is 0.160. The molecular weight excluding hydrogens is 224 g/mol. The summed E-state index contributed by atoms with van der Waals surface area (Å²) < 4.78 is 7.45. The third-order valence-corrected chi connectivity index (χ3v) is 3.78. The fraction of sp³-hybridized carbons (Fsp3) is 0.750. The first kappa shape index (κ1) is 11.9. The maximum Gasteiger partial charge on any atom is 0.0631 e. The van der Waals surface area contributed by atoms with Crippen LogP contribution in [0.2, 0.25) is 0 Å². The molecule has 0 amide bonds. The maximum absolute atomic E-state index is 6.07. The van der Waals surface area contributed by atoms with Crippen molar-refractivity contribution in [2.45, 2.75) is 32.7 Å². The Morgan fingerprint density at radius 1 is 1.62 bits per heavy atom. The van der Waals surface area contributed by atoms with Gasteiger partial charge in [0, 0.05) is 36.6 Å². The number of alkyl halides is 1. The van der Waals surface area contributed by atoms with Crippen molar-refractivity contribution in [2.75, 3.05) is 19.1 Å². The van der Waals surface area contributed by atoms with Crippen LogP contribution in [0, 0.1) is 5.41 Å². The van der Waals surface area contributed by atoms with Gasteiger partial charge in [0.25, 0.3) is 0 Å².